The Kier molecular flexibility index (Phi) is 2.48. The second-order valence-corrected chi connectivity index (χ2v) is 2.70. The van der Waals surface area contributed by atoms with Crippen LogP contribution in [0.2, 0.25) is 0 Å². The third kappa shape index (κ3) is 2.23. The van der Waals surface area contributed by atoms with E-state index in [-0.39, 0.29) is 5.16 Å². The topological polar surface area (TPSA) is 66.0 Å². The number of imidazole rings is 1. The van der Waals surface area contributed by atoms with Crippen LogP contribution in [0.3, 0.4) is 0 Å². The van der Waals surface area contributed by atoms with Gasteiger partial charge in [0.05, 0.1) is 0 Å². The summed E-state index contributed by atoms with van der Waals surface area (Å²) in [7, 11) is 0. The molecule has 1 heterocycles. The maximum absolute atomic E-state index is 12.4. The SMILES string of the molecule is O=C(O)C(F)Sc1ncc[nH]1. The highest BCUT2D eigenvalue weighted by atomic mass is 32.2. The molecule has 0 aliphatic carbocycles. The quantitative estimate of drug-likeness (QED) is 0.671. The zero-order valence-electron chi connectivity index (χ0n) is 5.32. The van der Waals surface area contributed by atoms with Crippen molar-refractivity contribution in [1.29, 1.82) is 0 Å². The van der Waals surface area contributed by atoms with Crippen LogP contribution in [-0.4, -0.2) is 26.5 Å². The third-order valence-electron chi connectivity index (χ3n) is 0.882. The minimum atomic E-state index is -1.96. The van der Waals surface area contributed by atoms with Gasteiger partial charge in [0.2, 0.25) is 5.50 Å². The van der Waals surface area contributed by atoms with Gasteiger partial charge in [0.1, 0.15) is 0 Å². The van der Waals surface area contributed by atoms with Gasteiger partial charge in [-0.05, 0) is 11.8 Å². The van der Waals surface area contributed by atoms with Crippen LogP contribution in [0.15, 0.2) is 17.6 Å². The first-order valence-corrected chi connectivity index (χ1v) is 3.61. The van der Waals surface area contributed by atoms with Crippen molar-refractivity contribution >= 4 is 17.7 Å². The summed E-state index contributed by atoms with van der Waals surface area (Å²) in [6.07, 6.45) is 2.92. The zero-order chi connectivity index (χ0) is 8.27. The summed E-state index contributed by atoms with van der Waals surface area (Å²) in [4.78, 5) is 16.2. The largest absolute Gasteiger partial charge is 0.478 e. The van der Waals surface area contributed by atoms with Crippen LogP contribution in [0.25, 0.3) is 0 Å². The molecule has 0 saturated carbocycles. The lowest BCUT2D eigenvalue weighted by molar-refractivity contribution is -0.139. The van der Waals surface area contributed by atoms with Gasteiger partial charge in [-0.3, -0.25) is 0 Å². The lowest BCUT2D eigenvalue weighted by atomic mass is 10.8. The Bertz CT molecular complexity index is 239. The number of nitrogens with one attached hydrogen (secondary N) is 1. The second kappa shape index (κ2) is 3.38. The molecule has 1 unspecified atom stereocenters. The standard InChI is InChI=1S/C5H5FN2O2S/c6-3(4(9)10)11-5-7-1-2-8-5/h1-3H,(H,7,8)(H,9,10). The molecule has 0 fully saturated rings. The molecule has 1 rings (SSSR count). The van der Waals surface area contributed by atoms with Gasteiger partial charge < -0.3 is 10.1 Å². The first kappa shape index (κ1) is 8.06. The number of nitrogens with zero attached hydrogens (tertiary/aromatic N) is 1. The lowest BCUT2D eigenvalue weighted by Gasteiger charge is -1.97. The van der Waals surface area contributed by atoms with Gasteiger partial charge in [-0.15, -0.1) is 0 Å². The average molecular weight is 176 g/mol. The highest BCUT2D eigenvalue weighted by molar-refractivity contribution is 8.00. The molecule has 6 heteroatoms. The number of halogens is 1. The lowest BCUT2D eigenvalue weighted by Crippen LogP contribution is -2.09. The van der Waals surface area contributed by atoms with Crippen LogP contribution < -0.4 is 0 Å². The van der Waals surface area contributed by atoms with Crippen molar-refractivity contribution in [2.75, 3.05) is 0 Å². The molecule has 0 aliphatic heterocycles. The van der Waals surface area contributed by atoms with Gasteiger partial charge in [0, 0.05) is 12.4 Å². The first-order chi connectivity index (χ1) is 5.20. The number of thioether (sulfide) groups is 1. The molecule has 0 radical (unpaired) electrons. The van der Waals surface area contributed by atoms with Crippen molar-refractivity contribution < 1.29 is 14.3 Å². The van der Waals surface area contributed by atoms with Crippen LogP contribution >= 0.6 is 11.8 Å². The van der Waals surface area contributed by atoms with E-state index < -0.39 is 11.5 Å². The molecule has 1 aromatic rings. The third-order valence-corrected chi connectivity index (χ3v) is 1.74. The second-order valence-electron chi connectivity index (χ2n) is 1.67. The van der Waals surface area contributed by atoms with Gasteiger partial charge in [-0.25, -0.2) is 14.2 Å². The minimum absolute atomic E-state index is 0.264. The van der Waals surface area contributed by atoms with Gasteiger partial charge in [0.15, 0.2) is 5.16 Å². The van der Waals surface area contributed by atoms with Crippen LogP contribution in [-0.2, 0) is 4.79 Å². The van der Waals surface area contributed by atoms with E-state index in [9.17, 15) is 9.18 Å². The van der Waals surface area contributed by atoms with Gasteiger partial charge >= 0.3 is 5.97 Å². The summed E-state index contributed by atoms with van der Waals surface area (Å²) < 4.78 is 12.4. The van der Waals surface area contributed by atoms with Crippen LogP contribution in [0.5, 0.6) is 0 Å². The van der Waals surface area contributed by atoms with E-state index >= 15 is 0 Å². The Hall–Kier alpha value is -1.04. The molecular formula is C5H5FN2O2S. The minimum Gasteiger partial charge on any atom is -0.478 e. The maximum atomic E-state index is 12.4. The number of aromatic nitrogens is 2. The number of rotatable bonds is 3. The molecule has 11 heavy (non-hydrogen) atoms. The number of carboxylic acid groups (broad SMARTS) is 1. The molecule has 2 N–H and O–H groups in total. The molecule has 0 aromatic carbocycles. The summed E-state index contributed by atoms with van der Waals surface area (Å²) in [5, 5.41) is 8.41. The van der Waals surface area contributed by atoms with Crippen molar-refractivity contribution in [2.45, 2.75) is 10.7 Å². The zero-order valence-corrected chi connectivity index (χ0v) is 6.14. The Labute approximate surface area is 65.8 Å². The van der Waals surface area contributed by atoms with E-state index in [4.69, 9.17) is 5.11 Å². The highest BCUT2D eigenvalue weighted by Gasteiger charge is 2.17. The Morgan fingerprint density at radius 1 is 1.91 bits per heavy atom. The highest BCUT2D eigenvalue weighted by Crippen LogP contribution is 2.19. The van der Waals surface area contributed by atoms with Crippen LogP contribution in [0, 0.1) is 0 Å². The van der Waals surface area contributed by atoms with E-state index in [0.717, 1.165) is 0 Å². The fourth-order valence-corrected chi connectivity index (χ4v) is 1.02. The van der Waals surface area contributed by atoms with E-state index in [1.54, 1.807) is 0 Å². The van der Waals surface area contributed by atoms with Gasteiger partial charge in [-0.1, -0.05) is 0 Å². The van der Waals surface area contributed by atoms with Gasteiger partial charge in [0.25, 0.3) is 0 Å². The van der Waals surface area contributed by atoms with Crippen molar-refractivity contribution in [2.24, 2.45) is 0 Å². The van der Waals surface area contributed by atoms with Crippen LogP contribution in [0.1, 0.15) is 0 Å². The number of aromatic amines is 1. The van der Waals surface area contributed by atoms with E-state index in [1.807, 2.05) is 0 Å². The Morgan fingerprint density at radius 3 is 3.09 bits per heavy atom. The van der Waals surface area contributed by atoms with Crippen molar-refractivity contribution in [3.8, 4) is 0 Å². The molecule has 0 spiro atoms. The number of carboxylic acids is 1. The monoisotopic (exact) mass is 176 g/mol. The molecule has 1 atom stereocenters. The first-order valence-electron chi connectivity index (χ1n) is 2.73. The van der Waals surface area contributed by atoms with E-state index in [2.05, 4.69) is 9.97 Å². The number of alkyl halides is 1. The molecule has 0 bridgehead atoms. The van der Waals surface area contributed by atoms with Crippen molar-refractivity contribution in [1.82, 2.24) is 9.97 Å². The average Bonchev–Trinajstić information content (AvgIpc) is 2.39. The summed E-state index contributed by atoms with van der Waals surface area (Å²) in [5.74, 6) is -1.49. The number of H-pyrrole nitrogens is 1. The number of hydrogen-bond donors (Lipinski definition) is 2. The molecule has 0 amide bonds. The Balaban J connectivity index is 2.50. The van der Waals surface area contributed by atoms with Crippen molar-refractivity contribution in [3.05, 3.63) is 12.4 Å². The fraction of sp³-hybridized carbons (Fsp3) is 0.200. The van der Waals surface area contributed by atoms with Gasteiger partial charge in [-0.2, -0.15) is 0 Å². The van der Waals surface area contributed by atoms with Crippen molar-refractivity contribution in [3.63, 3.8) is 0 Å². The number of carbonyl (C=O) groups is 1. The molecule has 0 saturated heterocycles. The predicted molar refractivity (Wildman–Crippen MR) is 37.0 cm³/mol. The molecular weight excluding hydrogens is 171 g/mol. The molecule has 0 aliphatic rings. The fourth-order valence-electron chi connectivity index (χ4n) is 0.464. The maximum Gasteiger partial charge on any atom is 0.349 e. The van der Waals surface area contributed by atoms with E-state index in [0.29, 0.717) is 11.8 Å². The molecule has 1 aromatic heterocycles. The number of hydrogen-bond acceptors (Lipinski definition) is 3. The van der Waals surface area contributed by atoms with E-state index in [1.165, 1.54) is 12.4 Å². The predicted octanol–water partition coefficient (Wildman–Crippen LogP) is 0.882. The smallest absolute Gasteiger partial charge is 0.349 e. The summed E-state index contributed by atoms with van der Waals surface area (Å²) in [5.41, 5.74) is -1.96. The summed E-state index contributed by atoms with van der Waals surface area (Å²) in [6.45, 7) is 0. The summed E-state index contributed by atoms with van der Waals surface area (Å²) >= 11 is 0.525. The normalized spacial score (nSPS) is 12.8. The van der Waals surface area contributed by atoms with Crippen LogP contribution in [0.4, 0.5) is 4.39 Å². The Morgan fingerprint density at radius 2 is 2.64 bits per heavy atom. The molecule has 4 nitrogen and oxygen atoms in total. The number of aliphatic carboxylic acids is 1. The summed E-state index contributed by atoms with van der Waals surface area (Å²) in [6, 6.07) is 0. The molecule has 60 valence electrons.